The van der Waals surface area contributed by atoms with Gasteiger partial charge in [0.05, 0.1) is 48.4 Å². The fraction of sp³-hybridized carbons (Fsp3) is 0.508. The summed E-state index contributed by atoms with van der Waals surface area (Å²) >= 11 is 0. The minimum Gasteiger partial charge on any atom is -0.453 e. The molecule has 0 unspecified atom stereocenters. The van der Waals surface area contributed by atoms with Crippen LogP contribution in [0.2, 0.25) is 0 Å². The zero-order chi connectivity index (χ0) is 52.2. The Labute approximate surface area is 440 Å². The van der Waals surface area contributed by atoms with Crippen molar-refractivity contribution < 1.29 is 28.7 Å². The normalized spacial score (nSPS) is 24.2. The van der Waals surface area contributed by atoms with Gasteiger partial charge in [-0.05, 0) is 156 Å². The van der Waals surface area contributed by atoms with E-state index < -0.39 is 24.3 Å². The first-order valence-electron chi connectivity index (χ1n) is 27.8. The van der Waals surface area contributed by atoms with Crippen LogP contribution in [0.3, 0.4) is 0 Å². The molecule has 394 valence electrons. The van der Waals surface area contributed by atoms with Crippen molar-refractivity contribution in [2.24, 2.45) is 23.7 Å². The Balaban J connectivity index is 0.862. The van der Waals surface area contributed by atoms with Gasteiger partial charge in [0.25, 0.3) is 0 Å². The van der Waals surface area contributed by atoms with E-state index in [0.29, 0.717) is 11.8 Å². The van der Waals surface area contributed by atoms with Crippen LogP contribution in [0.4, 0.5) is 9.59 Å². The number of hydrogen-bond acceptors (Lipinski definition) is 8. The lowest BCUT2D eigenvalue weighted by atomic mass is 9.84. The number of likely N-dealkylation sites (tertiary alicyclic amines) is 2. The predicted octanol–water partition coefficient (Wildman–Crippen LogP) is 11.6. The molecule has 2 saturated heterocycles. The van der Waals surface area contributed by atoms with Gasteiger partial charge in [-0.15, -0.1) is 0 Å². The second kappa shape index (κ2) is 20.8. The highest BCUT2D eigenvalue weighted by atomic mass is 16.5. The molecule has 6 aromatic rings. The maximum atomic E-state index is 14.5. The Hall–Kier alpha value is -6.70. The van der Waals surface area contributed by atoms with Crippen LogP contribution in [0.15, 0.2) is 72.8 Å². The van der Waals surface area contributed by atoms with Crippen LogP contribution in [0.25, 0.3) is 44.3 Å². The lowest BCUT2D eigenvalue weighted by Crippen LogP contribution is -2.53. The van der Waals surface area contributed by atoms with E-state index in [1.54, 1.807) is 0 Å². The first-order valence-corrected chi connectivity index (χ1v) is 27.8. The molecule has 2 aromatic heterocycles. The molecule has 6 aliphatic carbocycles. The summed E-state index contributed by atoms with van der Waals surface area (Å²) < 4.78 is 9.88. The first-order chi connectivity index (χ1) is 36.3. The highest BCUT2D eigenvalue weighted by Crippen LogP contribution is 2.48. The number of fused-ring (bicyclic) bond motifs is 4. The van der Waals surface area contributed by atoms with Crippen molar-refractivity contribution in [3.05, 3.63) is 107 Å². The lowest BCUT2D eigenvalue weighted by molar-refractivity contribution is -0.139. The number of carbonyl (C=O) groups excluding carboxylic acids is 4. The van der Waals surface area contributed by atoms with Gasteiger partial charge in [-0.2, -0.15) is 0 Å². The smallest absolute Gasteiger partial charge is 0.407 e. The molecule has 0 radical (unpaired) electrons. The zero-order valence-electron chi connectivity index (χ0n) is 44.7. The predicted molar refractivity (Wildman–Crippen MR) is 291 cm³/mol. The molecule has 4 aromatic carbocycles. The molecule has 4 N–H and O–H groups in total. The van der Waals surface area contributed by atoms with E-state index in [0.717, 1.165) is 128 Å². The quantitative estimate of drug-likeness (QED) is 0.105. The highest BCUT2D eigenvalue weighted by molar-refractivity contribution is 5.89. The SMILES string of the molecule is COC(=O)N[C@@H](C(=O)N1[C@H](c2nc3cc(-c4cc5ccc4CCc4ccc(c(-c6ccc7[nH]c([C@@H]8C[C@@H]9CCCC[C@@H]9N8C(=O)[C@H](NC(=O)OC)C(C)C)nc7c6)c4)C[C@H]5C)ccc3[nH]2)C[C@@H]2CCCC[C@@H]21)C(C)C. The number of benzene rings is 4. The van der Waals surface area contributed by atoms with Crippen LogP contribution in [0.5, 0.6) is 0 Å². The van der Waals surface area contributed by atoms with Crippen molar-refractivity contribution in [2.45, 2.75) is 160 Å². The molecule has 2 aliphatic heterocycles. The van der Waals surface area contributed by atoms with Crippen LogP contribution >= 0.6 is 0 Å². The molecule has 4 heterocycles. The number of aromatic nitrogens is 4. The first kappa shape index (κ1) is 50.5. The summed E-state index contributed by atoms with van der Waals surface area (Å²) in [7, 11) is 2.67. The zero-order valence-corrected chi connectivity index (χ0v) is 44.7. The number of aryl methyl sites for hydroxylation is 2. The largest absolute Gasteiger partial charge is 0.453 e. The highest BCUT2D eigenvalue weighted by Gasteiger charge is 2.50. The summed E-state index contributed by atoms with van der Waals surface area (Å²) in [6.45, 7) is 10.2. The average molecular weight is 1020 g/mol. The average Bonchev–Trinajstić information content (AvgIpc) is 4.22. The van der Waals surface area contributed by atoms with Crippen LogP contribution < -0.4 is 10.6 Å². The maximum absolute atomic E-state index is 14.5. The van der Waals surface area contributed by atoms with Crippen LogP contribution in [-0.4, -0.2) is 92.1 Å². The van der Waals surface area contributed by atoms with Crippen molar-refractivity contribution >= 4 is 46.1 Å². The minimum absolute atomic E-state index is 0.0681. The minimum atomic E-state index is -0.697. The number of imidazole rings is 2. The molecule has 0 spiro atoms. The second-order valence-electron chi connectivity index (χ2n) is 23.2. The third-order valence-electron chi connectivity index (χ3n) is 17.8. The number of methoxy groups -OCH3 is 2. The molecule has 2 saturated carbocycles. The number of hydrogen-bond donors (Lipinski definition) is 4. The molecule has 4 fully saturated rings. The summed E-state index contributed by atoms with van der Waals surface area (Å²) in [4.78, 5) is 75.9. The fourth-order valence-electron chi connectivity index (χ4n) is 13.8. The van der Waals surface area contributed by atoms with E-state index in [1.165, 1.54) is 47.6 Å². The number of aromatic amines is 2. The molecule has 8 aliphatic rings. The van der Waals surface area contributed by atoms with Crippen LogP contribution in [0.1, 0.15) is 151 Å². The lowest BCUT2D eigenvalue weighted by Gasteiger charge is -2.36. The van der Waals surface area contributed by atoms with E-state index in [2.05, 4.69) is 110 Å². The van der Waals surface area contributed by atoms with Gasteiger partial charge in [-0.25, -0.2) is 19.6 Å². The van der Waals surface area contributed by atoms with Gasteiger partial charge in [0.2, 0.25) is 11.8 Å². The van der Waals surface area contributed by atoms with E-state index in [4.69, 9.17) is 19.4 Å². The van der Waals surface area contributed by atoms with Gasteiger partial charge in [-0.1, -0.05) is 109 Å². The van der Waals surface area contributed by atoms with E-state index in [1.807, 2.05) is 27.7 Å². The number of rotatable bonds is 10. The Kier molecular flexibility index (Phi) is 14.0. The standard InChI is InChI=1S/C61H74N8O6/c1-33(2)54(66-60(72)74-6)58(70)68-50-14-10-8-12-42(50)31-52(68)56-62-46-24-22-40(29-48(46)64-56)44-27-36-16-18-37-20-21-38(35(5)26-39(44)19-17-36)28-45(37)41-23-25-47-49(30-41)65-57(63-47)53-32-43-13-9-11-15-51(43)69(53)59(71)55(34(3)4)67-61(73)75-7/h17,19-25,27-30,33-35,42-43,50-55H,8-16,18,26,31-32H2,1-7H3,(H,62,64)(H,63,65)(H,66,72)(H,67,73)/t35-,42+,43+,50+,51+,52+,53+,54-,55-/m1/s1. The van der Waals surface area contributed by atoms with Crippen molar-refractivity contribution in [3.63, 3.8) is 0 Å². The molecular weight excluding hydrogens is 941 g/mol. The molecule has 14 rings (SSSR count). The molecule has 14 heteroatoms. The number of ether oxygens (including phenoxy) is 2. The van der Waals surface area contributed by atoms with Gasteiger partial charge in [0, 0.05) is 12.1 Å². The number of nitrogens with zero attached hydrogens (tertiary/aromatic N) is 4. The van der Waals surface area contributed by atoms with E-state index in [9.17, 15) is 19.2 Å². The summed E-state index contributed by atoms with van der Waals surface area (Å²) in [5, 5.41) is 5.69. The number of nitrogens with one attached hydrogen (secondary N) is 4. The summed E-state index contributed by atoms with van der Waals surface area (Å²) in [5.74, 6) is 2.25. The maximum Gasteiger partial charge on any atom is 0.407 e. The van der Waals surface area contributed by atoms with Crippen molar-refractivity contribution in [3.8, 4) is 22.3 Å². The Bertz CT molecular complexity index is 3140. The van der Waals surface area contributed by atoms with Crippen LogP contribution in [0, 0.1) is 23.7 Å². The van der Waals surface area contributed by atoms with Crippen molar-refractivity contribution in [1.29, 1.82) is 0 Å². The molecule has 14 nitrogen and oxygen atoms in total. The Morgan fingerprint density at radius 3 is 1.60 bits per heavy atom. The number of H-pyrrole nitrogens is 2. The van der Waals surface area contributed by atoms with E-state index in [-0.39, 0.29) is 53.7 Å². The van der Waals surface area contributed by atoms with Gasteiger partial charge in [-0.3, -0.25) is 9.59 Å². The van der Waals surface area contributed by atoms with Crippen LogP contribution in [-0.2, 0) is 38.3 Å². The van der Waals surface area contributed by atoms with Crippen molar-refractivity contribution in [2.75, 3.05) is 14.2 Å². The van der Waals surface area contributed by atoms with Gasteiger partial charge >= 0.3 is 12.2 Å². The number of amides is 4. The van der Waals surface area contributed by atoms with Crippen molar-refractivity contribution in [1.82, 2.24) is 40.4 Å². The van der Waals surface area contributed by atoms with Gasteiger partial charge < -0.3 is 39.9 Å². The summed E-state index contributed by atoms with van der Waals surface area (Å²) in [5.41, 5.74) is 13.5. The summed E-state index contributed by atoms with van der Waals surface area (Å²) in [6.07, 6.45) is 11.7. The fourth-order valence-corrected chi connectivity index (χ4v) is 13.8. The monoisotopic (exact) mass is 1010 g/mol. The van der Waals surface area contributed by atoms with E-state index >= 15 is 0 Å². The molecule has 4 amide bonds. The van der Waals surface area contributed by atoms with Gasteiger partial charge in [0.1, 0.15) is 23.7 Å². The number of alkyl carbamates (subject to hydrolysis) is 2. The molecule has 75 heavy (non-hydrogen) atoms. The third kappa shape index (κ3) is 9.67. The molecule has 9 atom stereocenters. The molecular formula is C61H74N8O6. The third-order valence-corrected chi connectivity index (χ3v) is 17.8. The number of carbonyl (C=O) groups is 4. The topological polar surface area (TPSA) is 175 Å². The second-order valence-corrected chi connectivity index (χ2v) is 23.2. The Morgan fingerprint density at radius 2 is 1.09 bits per heavy atom. The summed E-state index contributed by atoms with van der Waals surface area (Å²) in [6, 6.07) is 25.5. The Morgan fingerprint density at radius 1 is 0.600 bits per heavy atom. The van der Waals surface area contributed by atoms with Gasteiger partial charge in [0.15, 0.2) is 0 Å². The molecule has 4 bridgehead atoms.